The highest BCUT2D eigenvalue weighted by atomic mass is 35.5. The molecular formula is C28H18ClN3. The fourth-order valence-electron chi connectivity index (χ4n) is 4.21. The van der Waals surface area contributed by atoms with Crippen LogP contribution >= 0.6 is 11.6 Å². The molecule has 2 aromatic heterocycles. The number of hydrogen-bond acceptors (Lipinski definition) is 2. The molecule has 0 radical (unpaired) electrons. The molecule has 152 valence electrons. The van der Waals surface area contributed by atoms with Crippen molar-refractivity contribution in [1.82, 2.24) is 14.4 Å². The van der Waals surface area contributed by atoms with E-state index in [4.69, 9.17) is 21.6 Å². The van der Waals surface area contributed by atoms with Crippen molar-refractivity contribution in [2.75, 3.05) is 0 Å². The predicted octanol–water partition coefficient (Wildman–Crippen LogP) is 7.54. The molecular weight excluding hydrogens is 414 g/mol. The van der Waals surface area contributed by atoms with E-state index in [0.717, 1.165) is 50.5 Å². The summed E-state index contributed by atoms with van der Waals surface area (Å²) in [4.78, 5) is 10.2. The van der Waals surface area contributed by atoms with E-state index in [-0.39, 0.29) is 0 Å². The van der Waals surface area contributed by atoms with Gasteiger partial charge in [-0.3, -0.25) is 4.40 Å². The van der Waals surface area contributed by atoms with Gasteiger partial charge < -0.3 is 0 Å². The Morgan fingerprint density at radius 1 is 0.594 bits per heavy atom. The van der Waals surface area contributed by atoms with Gasteiger partial charge in [0.25, 0.3) is 0 Å². The van der Waals surface area contributed by atoms with E-state index < -0.39 is 0 Å². The summed E-state index contributed by atoms with van der Waals surface area (Å²) >= 11 is 6.66. The lowest BCUT2D eigenvalue weighted by Gasteiger charge is -2.13. The molecule has 0 atom stereocenters. The normalized spacial score (nSPS) is 11.3. The lowest BCUT2D eigenvalue weighted by Crippen LogP contribution is -2.00. The zero-order chi connectivity index (χ0) is 21.5. The summed E-state index contributed by atoms with van der Waals surface area (Å²) in [6.45, 7) is 0. The summed E-state index contributed by atoms with van der Waals surface area (Å²) in [6, 6.07) is 36.6. The van der Waals surface area contributed by atoms with E-state index in [1.165, 1.54) is 0 Å². The second-order valence-electron chi connectivity index (χ2n) is 7.63. The van der Waals surface area contributed by atoms with Crippen LogP contribution < -0.4 is 0 Å². The van der Waals surface area contributed by atoms with Crippen LogP contribution in [0.4, 0.5) is 0 Å². The van der Waals surface area contributed by atoms with Gasteiger partial charge in [-0.25, -0.2) is 9.97 Å². The van der Waals surface area contributed by atoms with Gasteiger partial charge in [0.2, 0.25) is 0 Å². The molecule has 0 amide bonds. The van der Waals surface area contributed by atoms with Gasteiger partial charge in [-0.2, -0.15) is 0 Å². The maximum absolute atomic E-state index is 6.66. The topological polar surface area (TPSA) is 30.2 Å². The molecule has 2 heterocycles. The maximum Gasteiger partial charge on any atom is 0.149 e. The Hall–Kier alpha value is -3.95. The number of halogens is 1. The van der Waals surface area contributed by atoms with Crippen molar-refractivity contribution < 1.29 is 0 Å². The molecule has 0 saturated carbocycles. The summed E-state index contributed by atoms with van der Waals surface area (Å²) in [7, 11) is 0. The fraction of sp³-hybridized carbons (Fsp3) is 0. The van der Waals surface area contributed by atoms with Crippen LogP contribution in [-0.2, 0) is 0 Å². The molecule has 0 aliphatic heterocycles. The lowest BCUT2D eigenvalue weighted by atomic mass is 10.0. The SMILES string of the molecule is Clc1ccccc1-c1nc2ccccc2c2nc(-c3ccccc3)c(-c3ccccc3)n12. The predicted molar refractivity (Wildman–Crippen MR) is 132 cm³/mol. The zero-order valence-electron chi connectivity index (χ0n) is 17.1. The Morgan fingerprint density at radius 2 is 1.22 bits per heavy atom. The molecule has 0 aliphatic carbocycles. The Morgan fingerprint density at radius 3 is 1.97 bits per heavy atom. The monoisotopic (exact) mass is 431 g/mol. The van der Waals surface area contributed by atoms with Gasteiger partial charge >= 0.3 is 0 Å². The van der Waals surface area contributed by atoms with Gasteiger partial charge in [0.15, 0.2) is 0 Å². The lowest BCUT2D eigenvalue weighted by molar-refractivity contribution is 1.13. The van der Waals surface area contributed by atoms with Crippen LogP contribution in [0.5, 0.6) is 0 Å². The number of rotatable bonds is 3. The minimum Gasteiger partial charge on any atom is -0.275 e. The Balaban J connectivity index is 1.84. The Kier molecular flexibility index (Phi) is 4.48. The first-order valence-electron chi connectivity index (χ1n) is 10.5. The van der Waals surface area contributed by atoms with Gasteiger partial charge in [0, 0.05) is 22.1 Å². The number of benzene rings is 4. The molecule has 0 N–H and O–H groups in total. The Labute approximate surface area is 190 Å². The van der Waals surface area contributed by atoms with E-state index in [9.17, 15) is 0 Å². The number of fused-ring (bicyclic) bond motifs is 3. The summed E-state index contributed by atoms with van der Waals surface area (Å²) in [5, 5.41) is 1.66. The molecule has 0 aliphatic rings. The Bertz CT molecular complexity index is 1570. The first-order chi connectivity index (χ1) is 15.8. The number of hydrogen-bond donors (Lipinski definition) is 0. The van der Waals surface area contributed by atoms with Gasteiger partial charge in [-0.05, 0) is 24.3 Å². The quantitative estimate of drug-likeness (QED) is 0.289. The molecule has 0 spiro atoms. The van der Waals surface area contributed by atoms with E-state index in [2.05, 4.69) is 34.7 Å². The van der Waals surface area contributed by atoms with Gasteiger partial charge in [-0.15, -0.1) is 0 Å². The smallest absolute Gasteiger partial charge is 0.149 e. The molecule has 0 unspecified atom stereocenters. The minimum absolute atomic E-state index is 0.658. The van der Waals surface area contributed by atoms with Crippen molar-refractivity contribution in [2.24, 2.45) is 0 Å². The molecule has 4 aromatic carbocycles. The van der Waals surface area contributed by atoms with Crippen LogP contribution in [0.1, 0.15) is 0 Å². The van der Waals surface area contributed by atoms with Crippen molar-refractivity contribution >= 4 is 28.2 Å². The first kappa shape index (κ1) is 18.8. The number of imidazole rings is 1. The van der Waals surface area contributed by atoms with E-state index in [1.807, 2.05) is 78.9 Å². The van der Waals surface area contributed by atoms with Crippen molar-refractivity contribution in [3.05, 3.63) is 114 Å². The van der Waals surface area contributed by atoms with Crippen molar-refractivity contribution in [3.63, 3.8) is 0 Å². The molecule has 6 rings (SSSR count). The second kappa shape index (κ2) is 7.63. The summed E-state index contributed by atoms with van der Waals surface area (Å²) in [6.07, 6.45) is 0. The standard InChI is InChI=1S/C28H18ClN3/c29-23-17-9-7-15-21(23)27-30-24-18-10-8-16-22(24)28-31-25(19-11-3-1-4-12-19)26(32(27)28)20-13-5-2-6-14-20/h1-18H. The van der Waals surface area contributed by atoms with E-state index in [0.29, 0.717) is 5.02 Å². The van der Waals surface area contributed by atoms with E-state index in [1.54, 1.807) is 0 Å². The molecule has 0 fully saturated rings. The highest BCUT2D eigenvalue weighted by molar-refractivity contribution is 6.33. The molecule has 6 aromatic rings. The van der Waals surface area contributed by atoms with Crippen LogP contribution in [0.2, 0.25) is 5.02 Å². The highest BCUT2D eigenvalue weighted by Gasteiger charge is 2.22. The molecule has 4 heteroatoms. The summed E-state index contributed by atoms with van der Waals surface area (Å²) in [5.74, 6) is 0.776. The average molecular weight is 432 g/mol. The zero-order valence-corrected chi connectivity index (χ0v) is 17.9. The summed E-state index contributed by atoms with van der Waals surface area (Å²) in [5.41, 5.74) is 6.68. The number of nitrogens with zero attached hydrogens (tertiary/aromatic N) is 3. The van der Waals surface area contributed by atoms with Crippen LogP contribution in [-0.4, -0.2) is 14.4 Å². The van der Waals surface area contributed by atoms with Crippen molar-refractivity contribution in [3.8, 4) is 33.9 Å². The highest BCUT2D eigenvalue weighted by Crippen LogP contribution is 2.38. The average Bonchev–Trinajstić information content (AvgIpc) is 3.26. The van der Waals surface area contributed by atoms with Crippen molar-refractivity contribution in [1.29, 1.82) is 0 Å². The molecule has 0 saturated heterocycles. The van der Waals surface area contributed by atoms with Crippen molar-refractivity contribution in [2.45, 2.75) is 0 Å². The van der Waals surface area contributed by atoms with Gasteiger partial charge in [-0.1, -0.05) is 96.5 Å². The molecule has 3 nitrogen and oxygen atoms in total. The summed E-state index contributed by atoms with van der Waals surface area (Å²) < 4.78 is 2.15. The third-order valence-corrected chi connectivity index (χ3v) is 6.00. The third-order valence-electron chi connectivity index (χ3n) is 5.67. The fourth-order valence-corrected chi connectivity index (χ4v) is 4.43. The maximum atomic E-state index is 6.66. The number of aromatic nitrogens is 3. The first-order valence-corrected chi connectivity index (χ1v) is 10.9. The van der Waals surface area contributed by atoms with E-state index >= 15 is 0 Å². The third kappa shape index (κ3) is 2.98. The molecule has 32 heavy (non-hydrogen) atoms. The van der Waals surface area contributed by atoms with Crippen LogP contribution in [0.3, 0.4) is 0 Å². The van der Waals surface area contributed by atoms with Gasteiger partial charge in [0.1, 0.15) is 11.5 Å². The molecule has 0 bridgehead atoms. The second-order valence-corrected chi connectivity index (χ2v) is 8.04. The van der Waals surface area contributed by atoms with Crippen LogP contribution in [0, 0.1) is 0 Å². The van der Waals surface area contributed by atoms with Crippen LogP contribution in [0.15, 0.2) is 109 Å². The van der Waals surface area contributed by atoms with Gasteiger partial charge in [0.05, 0.1) is 21.9 Å². The number of para-hydroxylation sites is 1. The largest absolute Gasteiger partial charge is 0.275 e. The minimum atomic E-state index is 0.658. The van der Waals surface area contributed by atoms with Crippen LogP contribution in [0.25, 0.3) is 50.5 Å².